The highest BCUT2D eigenvalue weighted by Crippen LogP contribution is 2.29. The van der Waals surface area contributed by atoms with E-state index >= 15 is 0 Å². The van der Waals surface area contributed by atoms with Gasteiger partial charge in [0, 0.05) is 16.9 Å². The molecule has 0 saturated heterocycles. The Labute approximate surface area is 172 Å². The fourth-order valence-electron chi connectivity index (χ4n) is 3.30. The number of nitrogens with one attached hydrogen (secondary N) is 1. The lowest BCUT2D eigenvalue weighted by Crippen LogP contribution is -2.30. The highest BCUT2D eigenvalue weighted by atomic mass is 32.2. The SMILES string of the molecule is O=C(CSC1CCCC1)NCCOc1ccc2nnc(-c3cccc(F)c3)n2n1. The van der Waals surface area contributed by atoms with Crippen molar-refractivity contribution in [3.8, 4) is 17.3 Å². The molecular weight excluding hydrogens is 393 g/mol. The molecule has 1 N–H and O–H groups in total. The van der Waals surface area contributed by atoms with Crippen LogP contribution in [-0.2, 0) is 4.79 Å². The molecular formula is C20H22FN5O2S. The molecule has 0 bridgehead atoms. The van der Waals surface area contributed by atoms with Gasteiger partial charge in [0.2, 0.25) is 11.8 Å². The van der Waals surface area contributed by atoms with E-state index in [1.54, 1.807) is 36.0 Å². The molecule has 0 spiro atoms. The molecule has 3 aromatic rings. The third kappa shape index (κ3) is 5.03. The summed E-state index contributed by atoms with van der Waals surface area (Å²) in [6, 6.07) is 9.53. The zero-order chi connectivity index (χ0) is 20.1. The summed E-state index contributed by atoms with van der Waals surface area (Å²) in [4.78, 5) is 11.9. The van der Waals surface area contributed by atoms with E-state index in [4.69, 9.17) is 4.74 Å². The van der Waals surface area contributed by atoms with Gasteiger partial charge >= 0.3 is 0 Å². The number of hydrogen-bond acceptors (Lipinski definition) is 6. The number of amides is 1. The first kappa shape index (κ1) is 19.6. The molecule has 2 heterocycles. The summed E-state index contributed by atoms with van der Waals surface area (Å²) < 4.78 is 20.7. The van der Waals surface area contributed by atoms with Crippen molar-refractivity contribution < 1.29 is 13.9 Å². The van der Waals surface area contributed by atoms with Crippen LogP contribution in [0, 0.1) is 5.82 Å². The molecule has 152 valence electrons. The van der Waals surface area contributed by atoms with E-state index in [1.165, 1.54) is 42.3 Å². The summed E-state index contributed by atoms with van der Waals surface area (Å²) in [6.07, 6.45) is 4.99. The number of ether oxygens (including phenoxy) is 1. The van der Waals surface area contributed by atoms with Gasteiger partial charge in [0.1, 0.15) is 12.4 Å². The summed E-state index contributed by atoms with van der Waals surface area (Å²) in [5.74, 6) is 0.980. The smallest absolute Gasteiger partial charge is 0.231 e. The summed E-state index contributed by atoms with van der Waals surface area (Å²) in [6.45, 7) is 0.707. The van der Waals surface area contributed by atoms with E-state index in [9.17, 15) is 9.18 Å². The summed E-state index contributed by atoms with van der Waals surface area (Å²) in [5.41, 5.74) is 1.11. The minimum absolute atomic E-state index is 0.0288. The molecule has 2 aromatic heterocycles. The Morgan fingerprint density at radius 1 is 1.24 bits per heavy atom. The minimum atomic E-state index is -0.353. The monoisotopic (exact) mass is 415 g/mol. The van der Waals surface area contributed by atoms with Crippen LogP contribution in [0.3, 0.4) is 0 Å². The van der Waals surface area contributed by atoms with E-state index in [1.807, 2.05) is 0 Å². The van der Waals surface area contributed by atoms with Crippen LogP contribution < -0.4 is 10.1 Å². The van der Waals surface area contributed by atoms with E-state index in [0.717, 1.165) is 0 Å². The Morgan fingerprint density at radius 2 is 2.10 bits per heavy atom. The Bertz CT molecular complexity index is 990. The maximum atomic E-state index is 13.5. The average molecular weight is 415 g/mol. The summed E-state index contributed by atoms with van der Waals surface area (Å²) >= 11 is 1.74. The average Bonchev–Trinajstić information content (AvgIpc) is 3.39. The highest BCUT2D eigenvalue weighted by molar-refractivity contribution is 8.00. The quantitative estimate of drug-likeness (QED) is 0.570. The number of nitrogens with zero attached hydrogens (tertiary/aromatic N) is 4. The first-order valence-corrected chi connectivity index (χ1v) is 10.7. The Balaban J connectivity index is 1.30. The minimum Gasteiger partial charge on any atom is -0.475 e. The molecule has 1 aliphatic rings. The molecule has 1 amide bonds. The maximum Gasteiger partial charge on any atom is 0.231 e. The number of fused-ring (bicyclic) bond motifs is 1. The number of rotatable bonds is 8. The third-order valence-corrected chi connectivity index (χ3v) is 6.12. The van der Waals surface area contributed by atoms with Gasteiger partial charge in [-0.15, -0.1) is 27.1 Å². The van der Waals surface area contributed by atoms with Gasteiger partial charge in [0.25, 0.3) is 0 Å². The molecule has 7 nitrogen and oxygen atoms in total. The number of thioether (sulfide) groups is 1. The number of hydrogen-bond donors (Lipinski definition) is 1. The molecule has 0 aliphatic heterocycles. The fourth-order valence-corrected chi connectivity index (χ4v) is 4.46. The lowest BCUT2D eigenvalue weighted by atomic mass is 10.2. The van der Waals surface area contributed by atoms with Crippen molar-refractivity contribution in [1.82, 2.24) is 25.1 Å². The molecule has 1 fully saturated rings. The largest absolute Gasteiger partial charge is 0.475 e. The van der Waals surface area contributed by atoms with Gasteiger partial charge in [-0.05, 0) is 31.0 Å². The lowest BCUT2D eigenvalue weighted by molar-refractivity contribution is -0.118. The number of halogens is 1. The van der Waals surface area contributed by atoms with Gasteiger partial charge in [0.05, 0.1) is 12.3 Å². The topological polar surface area (TPSA) is 81.4 Å². The van der Waals surface area contributed by atoms with E-state index in [-0.39, 0.29) is 11.7 Å². The van der Waals surface area contributed by atoms with Gasteiger partial charge in [-0.3, -0.25) is 4.79 Å². The zero-order valence-corrected chi connectivity index (χ0v) is 16.7. The van der Waals surface area contributed by atoms with Crippen molar-refractivity contribution in [1.29, 1.82) is 0 Å². The Morgan fingerprint density at radius 3 is 2.93 bits per heavy atom. The fraction of sp³-hybridized carbons (Fsp3) is 0.400. The molecule has 1 aliphatic carbocycles. The van der Waals surface area contributed by atoms with Crippen LogP contribution in [0.4, 0.5) is 4.39 Å². The second kappa shape index (κ2) is 9.21. The molecule has 4 rings (SSSR count). The van der Waals surface area contributed by atoms with E-state index in [0.29, 0.717) is 47.1 Å². The molecule has 9 heteroatoms. The number of carbonyl (C=O) groups excluding carboxylic acids is 1. The van der Waals surface area contributed by atoms with Crippen molar-refractivity contribution >= 4 is 23.3 Å². The molecule has 0 unspecified atom stereocenters. The van der Waals surface area contributed by atoms with Gasteiger partial charge in [0.15, 0.2) is 11.5 Å². The van der Waals surface area contributed by atoms with Crippen LogP contribution >= 0.6 is 11.8 Å². The van der Waals surface area contributed by atoms with Crippen LogP contribution in [0.2, 0.25) is 0 Å². The van der Waals surface area contributed by atoms with Crippen molar-refractivity contribution in [3.63, 3.8) is 0 Å². The van der Waals surface area contributed by atoms with Crippen molar-refractivity contribution in [2.75, 3.05) is 18.9 Å². The maximum absolute atomic E-state index is 13.5. The first-order chi connectivity index (χ1) is 14.2. The van der Waals surface area contributed by atoms with Crippen LogP contribution in [0.25, 0.3) is 17.0 Å². The van der Waals surface area contributed by atoms with E-state index in [2.05, 4.69) is 20.6 Å². The Kier molecular flexibility index (Phi) is 6.24. The number of carbonyl (C=O) groups is 1. The summed E-state index contributed by atoms with van der Waals surface area (Å²) in [5, 5.41) is 16.0. The van der Waals surface area contributed by atoms with Crippen LogP contribution in [0.5, 0.6) is 5.88 Å². The summed E-state index contributed by atoms with van der Waals surface area (Å²) in [7, 11) is 0. The van der Waals surface area contributed by atoms with Gasteiger partial charge in [-0.25, -0.2) is 4.39 Å². The number of aromatic nitrogens is 4. The second-order valence-electron chi connectivity index (χ2n) is 6.89. The second-order valence-corrected chi connectivity index (χ2v) is 8.18. The van der Waals surface area contributed by atoms with Gasteiger partial charge < -0.3 is 10.1 Å². The molecule has 0 atom stereocenters. The van der Waals surface area contributed by atoms with Crippen LogP contribution in [-0.4, -0.2) is 49.9 Å². The molecule has 1 saturated carbocycles. The van der Waals surface area contributed by atoms with Crippen LogP contribution in [0.1, 0.15) is 25.7 Å². The molecule has 1 aromatic carbocycles. The predicted molar refractivity (Wildman–Crippen MR) is 109 cm³/mol. The normalized spacial score (nSPS) is 14.4. The molecule has 0 radical (unpaired) electrons. The highest BCUT2D eigenvalue weighted by Gasteiger charge is 2.16. The van der Waals surface area contributed by atoms with Crippen molar-refractivity contribution in [2.45, 2.75) is 30.9 Å². The van der Waals surface area contributed by atoms with Gasteiger partial charge in [-0.2, -0.15) is 4.52 Å². The van der Waals surface area contributed by atoms with Crippen molar-refractivity contribution in [3.05, 3.63) is 42.2 Å². The predicted octanol–water partition coefficient (Wildman–Crippen LogP) is 3.10. The zero-order valence-electron chi connectivity index (χ0n) is 15.9. The molecule has 29 heavy (non-hydrogen) atoms. The standard InChI is InChI=1S/C20H22FN5O2S/c21-15-5-3-4-14(12-15)20-24-23-17-8-9-19(25-26(17)20)28-11-10-22-18(27)13-29-16-6-1-2-7-16/h3-5,8-9,12,16H,1-2,6-7,10-11,13H2,(H,22,27). The van der Waals surface area contributed by atoms with E-state index < -0.39 is 0 Å². The van der Waals surface area contributed by atoms with Crippen LogP contribution in [0.15, 0.2) is 36.4 Å². The first-order valence-electron chi connectivity index (χ1n) is 9.68. The van der Waals surface area contributed by atoms with Gasteiger partial charge in [-0.1, -0.05) is 25.0 Å². The lowest BCUT2D eigenvalue weighted by Gasteiger charge is -2.10. The van der Waals surface area contributed by atoms with Crippen molar-refractivity contribution in [2.24, 2.45) is 0 Å². The Hall–Kier alpha value is -2.68. The number of benzene rings is 1. The third-order valence-electron chi connectivity index (χ3n) is 4.75.